The molecule has 2 aromatic rings. The molecule has 7 heteroatoms. The van der Waals surface area contributed by atoms with Gasteiger partial charge in [0, 0.05) is 30.9 Å². The molecule has 0 aromatic carbocycles. The van der Waals surface area contributed by atoms with Crippen molar-refractivity contribution < 1.29 is 4.79 Å². The van der Waals surface area contributed by atoms with Crippen molar-refractivity contribution in [1.82, 2.24) is 24.8 Å². The second-order valence-electron chi connectivity index (χ2n) is 6.02. The Morgan fingerprint density at radius 2 is 2.29 bits per heavy atom. The predicted octanol–water partition coefficient (Wildman–Crippen LogP) is 3.36. The summed E-state index contributed by atoms with van der Waals surface area (Å²) in [4.78, 5) is 23.7. The van der Waals surface area contributed by atoms with E-state index in [0.717, 1.165) is 55.3 Å². The molecule has 3 rings (SSSR count). The first-order valence-electron chi connectivity index (χ1n) is 8.71. The summed E-state index contributed by atoms with van der Waals surface area (Å²) in [7, 11) is 0. The summed E-state index contributed by atoms with van der Waals surface area (Å²) >= 11 is 1.65. The Kier molecular flexibility index (Phi) is 5.50. The van der Waals surface area contributed by atoms with E-state index in [1.807, 2.05) is 22.7 Å². The van der Waals surface area contributed by atoms with Crippen LogP contribution in [0.2, 0.25) is 0 Å². The van der Waals surface area contributed by atoms with Crippen molar-refractivity contribution in [3.8, 4) is 0 Å². The quantitative estimate of drug-likeness (QED) is 0.902. The second-order valence-corrected chi connectivity index (χ2v) is 6.96. The topological polar surface area (TPSA) is 63.1 Å². The van der Waals surface area contributed by atoms with Gasteiger partial charge in [0.1, 0.15) is 5.82 Å². The average Bonchev–Trinajstić information content (AvgIpc) is 3.28. The number of nitrogens with zero attached hydrogens (tertiary/aromatic N) is 4. The minimum atomic E-state index is -0.0172. The Labute approximate surface area is 146 Å². The highest BCUT2D eigenvalue weighted by molar-refractivity contribution is 7.09. The molecule has 2 amide bonds. The summed E-state index contributed by atoms with van der Waals surface area (Å²) in [6, 6.07) is 0.0479. The Hall–Kier alpha value is -1.89. The van der Waals surface area contributed by atoms with Crippen LogP contribution in [-0.2, 0) is 19.5 Å². The minimum absolute atomic E-state index is 0.0172. The second kappa shape index (κ2) is 7.79. The van der Waals surface area contributed by atoms with Crippen molar-refractivity contribution in [2.75, 3.05) is 6.54 Å². The molecule has 6 nitrogen and oxygen atoms in total. The number of thiazole rings is 1. The summed E-state index contributed by atoms with van der Waals surface area (Å²) in [6.45, 7) is 6.34. The zero-order chi connectivity index (χ0) is 16.9. The van der Waals surface area contributed by atoms with Crippen molar-refractivity contribution in [2.24, 2.45) is 0 Å². The van der Waals surface area contributed by atoms with Crippen LogP contribution in [0.25, 0.3) is 0 Å². The summed E-state index contributed by atoms with van der Waals surface area (Å²) in [5.41, 5.74) is 0.939. The number of carbonyl (C=O) groups is 1. The number of carbonyl (C=O) groups excluding carboxylic acids is 1. The van der Waals surface area contributed by atoms with Crippen LogP contribution in [0.4, 0.5) is 4.79 Å². The van der Waals surface area contributed by atoms with E-state index in [1.165, 1.54) is 0 Å². The van der Waals surface area contributed by atoms with Crippen molar-refractivity contribution in [3.05, 3.63) is 34.3 Å². The lowest BCUT2D eigenvalue weighted by atomic mass is 10.0. The van der Waals surface area contributed by atoms with Crippen LogP contribution in [0, 0.1) is 0 Å². The van der Waals surface area contributed by atoms with Gasteiger partial charge >= 0.3 is 6.03 Å². The van der Waals surface area contributed by atoms with Crippen LogP contribution >= 0.6 is 11.3 Å². The zero-order valence-electron chi connectivity index (χ0n) is 14.4. The fourth-order valence-electron chi connectivity index (χ4n) is 3.19. The molecule has 1 N–H and O–H groups in total. The third-order valence-corrected chi connectivity index (χ3v) is 5.51. The monoisotopic (exact) mass is 347 g/mol. The number of rotatable bonds is 5. The molecule has 1 aliphatic heterocycles. The fourth-order valence-corrected chi connectivity index (χ4v) is 3.93. The number of hydrogen-bond donors (Lipinski definition) is 1. The molecule has 130 valence electrons. The van der Waals surface area contributed by atoms with Gasteiger partial charge in [-0.1, -0.05) is 6.92 Å². The van der Waals surface area contributed by atoms with Gasteiger partial charge < -0.3 is 14.8 Å². The van der Waals surface area contributed by atoms with Crippen LogP contribution in [0.15, 0.2) is 17.8 Å². The molecular weight excluding hydrogens is 322 g/mol. The highest BCUT2D eigenvalue weighted by Crippen LogP contribution is 2.30. The Balaban J connectivity index is 1.67. The van der Waals surface area contributed by atoms with Crippen LogP contribution in [0.5, 0.6) is 0 Å². The van der Waals surface area contributed by atoms with E-state index in [2.05, 4.69) is 33.7 Å². The lowest BCUT2D eigenvalue weighted by Crippen LogP contribution is -2.45. The standard InChI is InChI=1S/C17H25N5OS/c1-3-15-20-13(12-24-15)11-19-17(23)22-9-6-5-7-14(22)16-18-8-10-21(16)4-2/h8,10,12,14H,3-7,9,11H2,1-2H3,(H,19,23). The fraction of sp³-hybridized carbons (Fsp3) is 0.588. The predicted molar refractivity (Wildman–Crippen MR) is 94.9 cm³/mol. The van der Waals surface area contributed by atoms with Crippen molar-refractivity contribution in [1.29, 1.82) is 0 Å². The van der Waals surface area contributed by atoms with Crippen molar-refractivity contribution in [2.45, 2.75) is 58.7 Å². The third kappa shape index (κ3) is 3.61. The van der Waals surface area contributed by atoms with Gasteiger partial charge in [0.2, 0.25) is 0 Å². The first-order chi connectivity index (χ1) is 11.7. The van der Waals surface area contributed by atoms with Gasteiger partial charge in [0.25, 0.3) is 0 Å². The summed E-state index contributed by atoms with van der Waals surface area (Å²) < 4.78 is 2.13. The van der Waals surface area contributed by atoms with Crippen molar-refractivity contribution >= 4 is 17.4 Å². The number of aromatic nitrogens is 3. The third-order valence-electron chi connectivity index (χ3n) is 4.47. The molecule has 24 heavy (non-hydrogen) atoms. The van der Waals surface area contributed by atoms with Gasteiger partial charge in [-0.15, -0.1) is 11.3 Å². The molecule has 0 spiro atoms. The molecular formula is C17H25N5OS. The number of urea groups is 1. The molecule has 1 unspecified atom stereocenters. The lowest BCUT2D eigenvalue weighted by Gasteiger charge is -2.35. The number of hydrogen-bond acceptors (Lipinski definition) is 4. The number of likely N-dealkylation sites (tertiary alicyclic amines) is 1. The first kappa shape index (κ1) is 17.0. The average molecular weight is 347 g/mol. The molecule has 0 radical (unpaired) electrons. The van der Waals surface area contributed by atoms with Crippen LogP contribution in [-0.4, -0.2) is 32.0 Å². The van der Waals surface area contributed by atoms with E-state index >= 15 is 0 Å². The van der Waals surface area contributed by atoms with Gasteiger partial charge in [-0.05, 0) is 32.6 Å². The number of imidazole rings is 1. The van der Waals surface area contributed by atoms with E-state index in [1.54, 1.807) is 11.3 Å². The highest BCUT2D eigenvalue weighted by atomic mass is 32.1. The van der Waals surface area contributed by atoms with Gasteiger partial charge in [-0.2, -0.15) is 0 Å². The summed E-state index contributed by atoms with van der Waals surface area (Å²) in [6.07, 6.45) is 7.91. The number of piperidine rings is 1. The Morgan fingerprint density at radius 1 is 1.42 bits per heavy atom. The maximum Gasteiger partial charge on any atom is 0.318 e. The molecule has 1 atom stereocenters. The van der Waals surface area contributed by atoms with E-state index in [9.17, 15) is 4.79 Å². The molecule has 1 aliphatic rings. The largest absolute Gasteiger partial charge is 0.333 e. The maximum atomic E-state index is 12.7. The van der Waals surface area contributed by atoms with Gasteiger partial charge in [0.15, 0.2) is 0 Å². The van der Waals surface area contributed by atoms with Crippen LogP contribution in [0.3, 0.4) is 0 Å². The van der Waals surface area contributed by atoms with E-state index in [0.29, 0.717) is 6.54 Å². The van der Waals surface area contributed by atoms with Crippen LogP contribution in [0.1, 0.15) is 55.7 Å². The zero-order valence-corrected chi connectivity index (χ0v) is 15.2. The van der Waals surface area contributed by atoms with Crippen LogP contribution < -0.4 is 5.32 Å². The molecule has 3 heterocycles. The number of nitrogens with one attached hydrogen (secondary N) is 1. The van der Waals surface area contributed by atoms with Gasteiger partial charge in [-0.3, -0.25) is 0 Å². The number of amides is 2. The Bertz CT molecular complexity index is 680. The van der Waals surface area contributed by atoms with Crippen molar-refractivity contribution in [3.63, 3.8) is 0 Å². The maximum absolute atomic E-state index is 12.7. The summed E-state index contributed by atoms with van der Waals surface area (Å²) in [5, 5.41) is 6.17. The van der Waals surface area contributed by atoms with Gasteiger partial charge in [0.05, 0.1) is 23.3 Å². The van der Waals surface area contributed by atoms with Gasteiger partial charge in [-0.25, -0.2) is 14.8 Å². The summed E-state index contributed by atoms with van der Waals surface area (Å²) in [5.74, 6) is 0.995. The number of aryl methyl sites for hydroxylation is 2. The SMILES string of the molecule is CCc1nc(CNC(=O)N2CCCCC2c2nccn2CC)cs1. The lowest BCUT2D eigenvalue weighted by molar-refractivity contribution is 0.145. The molecule has 1 saturated heterocycles. The normalized spacial score (nSPS) is 17.9. The molecule has 0 saturated carbocycles. The molecule has 0 bridgehead atoms. The highest BCUT2D eigenvalue weighted by Gasteiger charge is 2.30. The van der Waals surface area contributed by atoms with E-state index < -0.39 is 0 Å². The van der Waals surface area contributed by atoms with E-state index in [-0.39, 0.29) is 12.1 Å². The van der Waals surface area contributed by atoms with E-state index in [4.69, 9.17) is 0 Å². The minimum Gasteiger partial charge on any atom is -0.333 e. The molecule has 0 aliphatic carbocycles. The molecule has 2 aromatic heterocycles. The Morgan fingerprint density at radius 3 is 3.04 bits per heavy atom. The smallest absolute Gasteiger partial charge is 0.318 e. The first-order valence-corrected chi connectivity index (χ1v) is 9.59. The molecule has 1 fully saturated rings.